The minimum absolute atomic E-state index is 0.0228. The first-order valence-electron chi connectivity index (χ1n) is 4.75. The first kappa shape index (κ1) is 8.96. The Labute approximate surface area is 89.1 Å². The Balaban J connectivity index is 2.64. The van der Waals surface area contributed by atoms with Gasteiger partial charge in [0.1, 0.15) is 11.3 Å². The van der Waals surface area contributed by atoms with Crippen LogP contribution in [0, 0.1) is 5.82 Å². The molecule has 0 saturated carbocycles. The molecule has 0 spiro atoms. The Morgan fingerprint density at radius 1 is 1.31 bits per heavy atom. The van der Waals surface area contributed by atoms with Crippen LogP contribution in [0.1, 0.15) is 0 Å². The molecule has 2 aromatic heterocycles. The Hall–Kier alpha value is -2.30. The average molecular weight is 217 g/mol. The number of halogens is 1. The molecule has 1 aromatic carbocycles. The Morgan fingerprint density at radius 3 is 2.94 bits per heavy atom. The van der Waals surface area contributed by atoms with Crippen molar-refractivity contribution in [2.24, 2.45) is 0 Å². The Bertz CT molecular complexity index is 757. The van der Waals surface area contributed by atoms with Crippen molar-refractivity contribution in [2.45, 2.75) is 0 Å². The third kappa shape index (κ3) is 1.05. The van der Waals surface area contributed by atoms with Gasteiger partial charge in [-0.1, -0.05) is 0 Å². The SMILES string of the molecule is Nc1cc2[nH]c(=O)c3cccn3c2cc1F. The highest BCUT2D eigenvalue weighted by Crippen LogP contribution is 2.19. The van der Waals surface area contributed by atoms with E-state index in [9.17, 15) is 9.18 Å². The standard InChI is InChI=1S/C11H8FN3O/c12-6-4-10-8(5-7(6)13)14-11(16)9-2-1-3-15(9)10/h1-5H,13H2,(H,14,16). The van der Waals surface area contributed by atoms with E-state index in [-0.39, 0.29) is 11.2 Å². The van der Waals surface area contributed by atoms with Gasteiger partial charge >= 0.3 is 0 Å². The molecule has 16 heavy (non-hydrogen) atoms. The normalized spacial score (nSPS) is 11.3. The third-order valence-corrected chi connectivity index (χ3v) is 2.60. The van der Waals surface area contributed by atoms with Gasteiger partial charge in [-0.05, 0) is 18.2 Å². The second kappa shape index (κ2) is 2.85. The van der Waals surface area contributed by atoms with Gasteiger partial charge in [0.2, 0.25) is 0 Å². The van der Waals surface area contributed by atoms with E-state index in [0.717, 1.165) is 0 Å². The van der Waals surface area contributed by atoms with Crippen molar-refractivity contribution in [1.29, 1.82) is 0 Å². The van der Waals surface area contributed by atoms with Crippen molar-refractivity contribution >= 4 is 22.2 Å². The van der Waals surface area contributed by atoms with E-state index in [1.54, 1.807) is 22.7 Å². The number of benzene rings is 1. The largest absolute Gasteiger partial charge is 0.396 e. The lowest BCUT2D eigenvalue weighted by molar-refractivity contribution is 0.633. The fraction of sp³-hybridized carbons (Fsp3) is 0. The van der Waals surface area contributed by atoms with Gasteiger partial charge in [0.05, 0.1) is 16.7 Å². The number of aromatic amines is 1. The molecule has 0 aliphatic rings. The number of aromatic nitrogens is 2. The zero-order valence-electron chi connectivity index (χ0n) is 8.20. The second-order valence-electron chi connectivity index (χ2n) is 3.61. The number of rotatable bonds is 0. The molecule has 0 amide bonds. The summed E-state index contributed by atoms with van der Waals surface area (Å²) in [6.45, 7) is 0. The molecule has 0 unspecified atom stereocenters. The number of nitrogens with zero attached hydrogens (tertiary/aromatic N) is 1. The summed E-state index contributed by atoms with van der Waals surface area (Å²) in [5, 5.41) is 0. The number of nitrogen functional groups attached to an aromatic ring is 1. The predicted molar refractivity (Wildman–Crippen MR) is 59.9 cm³/mol. The van der Waals surface area contributed by atoms with Gasteiger partial charge < -0.3 is 15.1 Å². The summed E-state index contributed by atoms with van der Waals surface area (Å²) >= 11 is 0. The summed E-state index contributed by atoms with van der Waals surface area (Å²) in [4.78, 5) is 14.3. The molecule has 3 N–H and O–H groups in total. The summed E-state index contributed by atoms with van der Waals surface area (Å²) in [6, 6.07) is 6.14. The molecule has 0 aliphatic carbocycles. The summed E-state index contributed by atoms with van der Waals surface area (Å²) in [7, 11) is 0. The van der Waals surface area contributed by atoms with Crippen molar-refractivity contribution in [2.75, 3.05) is 5.73 Å². The van der Waals surface area contributed by atoms with Crippen LogP contribution in [0.4, 0.5) is 10.1 Å². The van der Waals surface area contributed by atoms with Crippen LogP contribution in [0.3, 0.4) is 0 Å². The predicted octanol–water partition coefficient (Wildman–Crippen LogP) is 1.50. The van der Waals surface area contributed by atoms with Crippen LogP contribution in [0.5, 0.6) is 0 Å². The van der Waals surface area contributed by atoms with E-state index < -0.39 is 5.82 Å². The topological polar surface area (TPSA) is 63.3 Å². The fourth-order valence-electron chi connectivity index (χ4n) is 1.84. The molecule has 0 saturated heterocycles. The molecule has 0 fully saturated rings. The summed E-state index contributed by atoms with van der Waals surface area (Å²) in [5.41, 5.74) is 6.85. The minimum atomic E-state index is -0.491. The Morgan fingerprint density at radius 2 is 2.12 bits per heavy atom. The van der Waals surface area contributed by atoms with E-state index in [1.807, 2.05) is 0 Å². The van der Waals surface area contributed by atoms with Crippen molar-refractivity contribution < 1.29 is 4.39 Å². The maximum absolute atomic E-state index is 13.4. The van der Waals surface area contributed by atoms with Crippen molar-refractivity contribution in [1.82, 2.24) is 9.38 Å². The number of anilines is 1. The zero-order valence-corrected chi connectivity index (χ0v) is 8.20. The molecular weight excluding hydrogens is 209 g/mol. The molecular formula is C11H8FN3O. The summed E-state index contributed by atoms with van der Waals surface area (Å²) < 4.78 is 15.0. The number of hydrogen-bond acceptors (Lipinski definition) is 2. The third-order valence-electron chi connectivity index (χ3n) is 2.60. The van der Waals surface area contributed by atoms with Crippen LogP contribution >= 0.6 is 0 Å². The molecule has 5 heteroatoms. The smallest absolute Gasteiger partial charge is 0.272 e. The van der Waals surface area contributed by atoms with Gasteiger partial charge in [-0.2, -0.15) is 0 Å². The fourth-order valence-corrected chi connectivity index (χ4v) is 1.84. The lowest BCUT2D eigenvalue weighted by Crippen LogP contribution is -2.10. The van der Waals surface area contributed by atoms with Crippen molar-refractivity contribution in [3.05, 3.63) is 46.6 Å². The lowest BCUT2D eigenvalue weighted by atomic mass is 10.2. The molecule has 2 heterocycles. The lowest BCUT2D eigenvalue weighted by Gasteiger charge is -2.04. The first-order valence-corrected chi connectivity index (χ1v) is 4.75. The van der Waals surface area contributed by atoms with Gasteiger partial charge in [-0.3, -0.25) is 4.79 Å². The molecule has 80 valence electrons. The van der Waals surface area contributed by atoms with Crippen LogP contribution in [-0.2, 0) is 0 Å². The number of fused-ring (bicyclic) bond motifs is 3. The maximum Gasteiger partial charge on any atom is 0.272 e. The van der Waals surface area contributed by atoms with Gasteiger partial charge in [0.15, 0.2) is 0 Å². The highest BCUT2D eigenvalue weighted by molar-refractivity contribution is 5.81. The van der Waals surface area contributed by atoms with E-state index in [0.29, 0.717) is 16.6 Å². The summed E-state index contributed by atoms with van der Waals surface area (Å²) in [5.74, 6) is -0.491. The molecule has 3 aromatic rings. The molecule has 0 radical (unpaired) electrons. The molecule has 0 aliphatic heterocycles. The van der Waals surface area contributed by atoms with Gasteiger partial charge in [-0.15, -0.1) is 0 Å². The van der Waals surface area contributed by atoms with Crippen LogP contribution in [0.2, 0.25) is 0 Å². The zero-order chi connectivity index (χ0) is 11.3. The van der Waals surface area contributed by atoms with Gasteiger partial charge in [0, 0.05) is 12.3 Å². The van der Waals surface area contributed by atoms with Crippen molar-refractivity contribution in [3.8, 4) is 0 Å². The number of hydrogen-bond donors (Lipinski definition) is 2. The van der Waals surface area contributed by atoms with E-state index >= 15 is 0 Å². The van der Waals surface area contributed by atoms with Crippen LogP contribution in [-0.4, -0.2) is 9.38 Å². The minimum Gasteiger partial charge on any atom is -0.396 e. The van der Waals surface area contributed by atoms with E-state index in [1.165, 1.54) is 12.1 Å². The number of nitrogens with two attached hydrogens (primary N) is 1. The second-order valence-corrected chi connectivity index (χ2v) is 3.61. The first-order chi connectivity index (χ1) is 7.66. The van der Waals surface area contributed by atoms with Crippen LogP contribution in [0.15, 0.2) is 35.3 Å². The quantitative estimate of drug-likeness (QED) is 0.560. The van der Waals surface area contributed by atoms with Crippen LogP contribution in [0.25, 0.3) is 16.6 Å². The van der Waals surface area contributed by atoms with E-state index in [4.69, 9.17) is 5.73 Å². The molecule has 0 bridgehead atoms. The molecule has 4 nitrogen and oxygen atoms in total. The maximum atomic E-state index is 13.4. The van der Waals surface area contributed by atoms with Crippen molar-refractivity contribution in [3.63, 3.8) is 0 Å². The monoisotopic (exact) mass is 217 g/mol. The molecule has 3 rings (SSSR count). The average Bonchev–Trinajstić information content (AvgIpc) is 2.71. The summed E-state index contributed by atoms with van der Waals surface area (Å²) in [6.07, 6.45) is 1.71. The van der Waals surface area contributed by atoms with Gasteiger partial charge in [0.25, 0.3) is 5.56 Å². The number of H-pyrrole nitrogens is 1. The number of nitrogens with one attached hydrogen (secondary N) is 1. The highest BCUT2D eigenvalue weighted by Gasteiger charge is 2.07. The Kier molecular flexibility index (Phi) is 1.60. The van der Waals surface area contributed by atoms with Crippen LogP contribution < -0.4 is 11.3 Å². The molecule has 0 atom stereocenters. The highest BCUT2D eigenvalue weighted by atomic mass is 19.1. The van der Waals surface area contributed by atoms with Gasteiger partial charge in [-0.25, -0.2) is 4.39 Å². The van der Waals surface area contributed by atoms with E-state index in [2.05, 4.69) is 4.98 Å².